The molecule has 0 aromatic heterocycles. The molecule has 1 aliphatic heterocycles. The first-order valence-corrected chi connectivity index (χ1v) is 10.2. The van der Waals surface area contributed by atoms with Crippen LogP contribution in [0.2, 0.25) is 0 Å². The van der Waals surface area contributed by atoms with Crippen LogP contribution in [-0.2, 0) is 4.74 Å². The summed E-state index contributed by atoms with van der Waals surface area (Å²) in [6.07, 6.45) is 8.86. The second-order valence-corrected chi connectivity index (χ2v) is 7.39. The summed E-state index contributed by atoms with van der Waals surface area (Å²) in [6.45, 7) is 5.16. The minimum Gasteiger partial charge on any atom is -0.494 e. The van der Waals surface area contributed by atoms with Crippen LogP contribution in [0.5, 0.6) is 5.75 Å². The Kier molecular flexibility index (Phi) is 7.18. The summed E-state index contributed by atoms with van der Waals surface area (Å²) in [6, 6.07) is 7.90. The Morgan fingerprint density at radius 1 is 1.12 bits per heavy atom. The number of rotatable bonds is 7. The minimum absolute atomic E-state index is 0.0125. The van der Waals surface area contributed by atoms with Crippen molar-refractivity contribution in [3.8, 4) is 5.75 Å². The molecule has 2 fully saturated rings. The van der Waals surface area contributed by atoms with Crippen LogP contribution in [0, 0.1) is 0 Å². The molecule has 1 saturated carbocycles. The maximum absolute atomic E-state index is 12.4. The molecule has 2 atom stereocenters. The van der Waals surface area contributed by atoms with Crippen LogP contribution in [0.15, 0.2) is 24.3 Å². The first-order chi connectivity index (χ1) is 12.8. The van der Waals surface area contributed by atoms with Crippen molar-refractivity contribution >= 4 is 11.8 Å². The number of hydrogen-bond donors (Lipinski definition) is 1. The van der Waals surface area contributed by atoms with Crippen molar-refractivity contribution in [1.82, 2.24) is 4.90 Å². The predicted octanol–water partition coefficient (Wildman–Crippen LogP) is 4.82. The number of carbonyl (C=O) groups excluding carboxylic acids is 1. The summed E-state index contributed by atoms with van der Waals surface area (Å²) in [5.41, 5.74) is 0.742. The number of ether oxygens (including phenoxy) is 2. The second kappa shape index (κ2) is 9.81. The minimum atomic E-state index is -0.347. The third-order valence-electron chi connectivity index (χ3n) is 5.40. The Bertz CT molecular complexity index is 555. The molecule has 0 unspecified atom stereocenters. The van der Waals surface area contributed by atoms with Gasteiger partial charge in [0.2, 0.25) is 0 Å². The van der Waals surface area contributed by atoms with Crippen LogP contribution in [-0.4, -0.2) is 42.8 Å². The van der Waals surface area contributed by atoms with Gasteiger partial charge in [-0.05, 0) is 75.9 Å². The van der Waals surface area contributed by atoms with Crippen molar-refractivity contribution in [3.63, 3.8) is 0 Å². The Balaban J connectivity index is 1.49. The molecule has 2 aliphatic rings. The zero-order valence-corrected chi connectivity index (χ0v) is 15.9. The molecule has 1 N–H and O–H groups in total. The van der Waals surface area contributed by atoms with Crippen LogP contribution in [0.3, 0.4) is 0 Å². The SMILES string of the molecule is CCCCOc1ccc(NC(=O)O[C@H]2CCCC[C@@H]2N2CCCC2)cc1. The third kappa shape index (κ3) is 5.37. The Morgan fingerprint density at radius 2 is 1.85 bits per heavy atom. The molecule has 1 amide bonds. The zero-order chi connectivity index (χ0) is 18.2. The molecule has 1 heterocycles. The molecule has 144 valence electrons. The molecule has 1 aliphatic carbocycles. The van der Waals surface area contributed by atoms with Crippen molar-refractivity contribution in [2.45, 2.75) is 70.4 Å². The summed E-state index contributed by atoms with van der Waals surface area (Å²) in [7, 11) is 0. The van der Waals surface area contributed by atoms with E-state index in [0.717, 1.165) is 63.2 Å². The molecule has 1 saturated heterocycles. The van der Waals surface area contributed by atoms with Gasteiger partial charge in [0.15, 0.2) is 0 Å². The fourth-order valence-electron chi connectivity index (χ4n) is 3.96. The molecule has 0 bridgehead atoms. The predicted molar refractivity (Wildman–Crippen MR) is 104 cm³/mol. The van der Waals surface area contributed by atoms with Gasteiger partial charge in [-0.25, -0.2) is 4.79 Å². The van der Waals surface area contributed by atoms with Crippen molar-refractivity contribution < 1.29 is 14.3 Å². The van der Waals surface area contributed by atoms with E-state index < -0.39 is 0 Å². The topological polar surface area (TPSA) is 50.8 Å². The van der Waals surface area contributed by atoms with Gasteiger partial charge in [-0.3, -0.25) is 10.2 Å². The Morgan fingerprint density at radius 3 is 2.58 bits per heavy atom. The van der Waals surface area contributed by atoms with Gasteiger partial charge in [0, 0.05) is 11.7 Å². The number of hydrogen-bond acceptors (Lipinski definition) is 4. The van der Waals surface area contributed by atoms with Crippen molar-refractivity contribution in [2.75, 3.05) is 25.0 Å². The highest BCUT2D eigenvalue weighted by Crippen LogP contribution is 2.28. The van der Waals surface area contributed by atoms with Gasteiger partial charge in [-0.15, -0.1) is 0 Å². The van der Waals surface area contributed by atoms with E-state index in [9.17, 15) is 4.79 Å². The first kappa shape index (κ1) is 19.0. The number of benzene rings is 1. The highest BCUT2D eigenvalue weighted by Gasteiger charge is 2.34. The summed E-state index contributed by atoms with van der Waals surface area (Å²) < 4.78 is 11.5. The largest absolute Gasteiger partial charge is 0.494 e. The number of nitrogens with one attached hydrogen (secondary N) is 1. The van der Waals surface area contributed by atoms with Crippen LogP contribution >= 0.6 is 0 Å². The zero-order valence-electron chi connectivity index (χ0n) is 15.9. The van der Waals surface area contributed by atoms with Crippen LogP contribution in [0.4, 0.5) is 10.5 Å². The van der Waals surface area contributed by atoms with Crippen LogP contribution in [0.25, 0.3) is 0 Å². The van der Waals surface area contributed by atoms with Gasteiger partial charge >= 0.3 is 6.09 Å². The van der Waals surface area contributed by atoms with Gasteiger partial charge in [0.25, 0.3) is 0 Å². The summed E-state index contributed by atoms with van der Waals surface area (Å²) in [5, 5.41) is 2.86. The Hall–Kier alpha value is -1.75. The molecule has 1 aromatic rings. The molecule has 5 nitrogen and oxygen atoms in total. The molecule has 26 heavy (non-hydrogen) atoms. The van der Waals surface area contributed by atoms with Gasteiger partial charge < -0.3 is 9.47 Å². The third-order valence-corrected chi connectivity index (χ3v) is 5.40. The normalized spacial score (nSPS) is 23.6. The first-order valence-electron chi connectivity index (χ1n) is 10.2. The summed E-state index contributed by atoms with van der Waals surface area (Å²) >= 11 is 0. The molecule has 3 rings (SSSR count). The van der Waals surface area contributed by atoms with E-state index in [2.05, 4.69) is 17.1 Å². The van der Waals surface area contributed by atoms with Crippen molar-refractivity contribution in [2.24, 2.45) is 0 Å². The fourth-order valence-corrected chi connectivity index (χ4v) is 3.96. The van der Waals surface area contributed by atoms with E-state index in [4.69, 9.17) is 9.47 Å². The van der Waals surface area contributed by atoms with E-state index in [-0.39, 0.29) is 12.2 Å². The quantitative estimate of drug-likeness (QED) is 0.708. The molecular weight excluding hydrogens is 328 g/mol. The second-order valence-electron chi connectivity index (χ2n) is 7.39. The monoisotopic (exact) mass is 360 g/mol. The Labute approximate surface area is 157 Å². The maximum Gasteiger partial charge on any atom is 0.411 e. The standard InChI is InChI=1S/C21H32N2O3/c1-2-3-16-25-18-12-10-17(11-13-18)22-21(24)26-20-9-5-4-8-19(20)23-14-6-7-15-23/h10-13,19-20H,2-9,14-16H2,1H3,(H,22,24)/t19-,20-/m0/s1. The summed E-state index contributed by atoms with van der Waals surface area (Å²) in [4.78, 5) is 14.9. The van der Waals surface area contributed by atoms with Crippen molar-refractivity contribution in [1.29, 1.82) is 0 Å². The molecule has 1 aromatic carbocycles. The number of anilines is 1. The molecular formula is C21H32N2O3. The van der Waals surface area contributed by atoms with Crippen LogP contribution in [0.1, 0.15) is 58.3 Å². The lowest BCUT2D eigenvalue weighted by Crippen LogP contribution is -2.46. The number of unbranched alkanes of at least 4 members (excludes halogenated alkanes) is 1. The van der Waals surface area contributed by atoms with Crippen LogP contribution < -0.4 is 10.1 Å². The highest BCUT2D eigenvalue weighted by atomic mass is 16.6. The fraction of sp³-hybridized carbons (Fsp3) is 0.667. The lowest BCUT2D eigenvalue weighted by Gasteiger charge is -2.37. The average molecular weight is 360 g/mol. The average Bonchev–Trinajstić information content (AvgIpc) is 3.18. The number of nitrogens with zero attached hydrogens (tertiary/aromatic N) is 1. The van der Waals surface area contributed by atoms with E-state index >= 15 is 0 Å². The number of likely N-dealkylation sites (tertiary alicyclic amines) is 1. The lowest BCUT2D eigenvalue weighted by molar-refractivity contribution is 0.0176. The number of carbonyl (C=O) groups is 1. The molecule has 5 heteroatoms. The lowest BCUT2D eigenvalue weighted by atomic mass is 9.91. The van der Waals surface area contributed by atoms with E-state index in [1.807, 2.05) is 24.3 Å². The van der Waals surface area contributed by atoms with Gasteiger partial charge in [-0.1, -0.05) is 19.8 Å². The number of amides is 1. The van der Waals surface area contributed by atoms with Crippen molar-refractivity contribution in [3.05, 3.63) is 24.3 Å². The van der Waals surface area contributed by atoms with Gasteiger partial charge in [0.1, 0.15) is 11.9 Å². The van der Waals surface area contributed by atoms with E-state index in [0.29, 0.717) is 6.04 Å². The van der Waals surface area contributed by atoms with Gasteiger partial charge in [0.05, 0.1) is 6.61 Å². The maximum atomic E-state index is 12.4. The highest BCUT2D eigenvalue weighted by molar-refractivity contribution is 5.84. The molecule has 0 spiro atoms. The molecule has 0 radical (unpaired) electrons. The summed E-state index contributed by atoms with van der Waals surface area (Å²) in [5.74, 6) is 0.832. The van der Waals surface area contributed by atoms with E-state index in [1.165, 1.54) is 19.3 Å². The van der Waals surface area contributed by atoms with E-state index in [1.54, 1.807) is 0 Å². The van der Waals surface area contributed by atoms with Gasteiger partial charge in [-0.2, -0.15) is 0 Å². The smallest absolute Gasteiger partial charge is 0.411 e.